The molecular formula is C81H157N2O6P. The summed E-state index contributed by atoms with van der Waals surface area (Å²) in [5.74, 6) is -0.155. The van der Waals surface area contributed by atoms with Gasteiger partial charge in [0.1, 0.15) is 13.2 Å². The number of hydrogen-bond acceptors (Lipinski definition) is 6. The molecule has 0 radical (unpaired) electrons. The predicted molar refractivity (Wildman–Crippen MR) is 395 cm³/mol. The lowest BCUT2D eigenvalue weighted by atomic mass is 10.0. The van der Waals surface area contributed by atoms with Gasteiger partial charge in [-0.15, -0.1) is 0 Å². The maximum atomic E-state index is 13.1. The zero-order valence-electron chi connectivity index (χ0n) is 61.1. The Morgan fingerprint density at radius 3 is 0.989 bits per heavy atom. The molecular weight excluding hydrogens is 1130 g/mol. The number of nitrogens with one attached hydrogen (secondary N) is 1. The number of amides is 1. The molecule has 0 aromatic carbocycles. The van der Waals surface area contributed by atoms with E-state index in [0.717, 1.165) is 64.2 Å². The smallest absolute Gasteiger partial charge is 0.268 e. The highest BCUT2D eigenvalue weighted by Crippen LogP contribution is 2.38. The largest absolute Gasteiger partial charge is 0.756 e. The van der Waals surface area contributed by atoms with Crippen LogP contribution in [0.25, 0.3) is 0 Å². The minimum absolute atomic E-state index is 0.0146. The van der Waals surface area contributed by atoms with Crippen LogP contribution in [0.3, 0.4) is 0 Å². The first kappa shape index (κ1) is 88.5. The average Bonchev–Trinajstić information content (AvgIpc) is 3.18. The third-order valence-corrected chi connectivity index (χ3v) is 19.5. The van der Waals surface area contributed by atoms with Crippen molar-refractivity contribution in [1.29, 1.82) is 0 Å². The van der Waals surface area contributed by atoms with Gasteiger partial charge in [-0.2, -0.15) is 0 Å². The Morgan fingerprint density at radius 1 is 0.400 bits per heavy atom. The highest BCUT2D eigenvalue weighted by molar-refractivity contribution is 7.45. The minimum Gasteiger partial charge on any atom is -0.756 e. The van der Waals surface area contributed by atoms with Crippen LogP contribution in [0, 0.1) is 0 Å². The molecule has 3 atom stereocenters. The molecule has 0 saturated heterocycles. The molecule has 90 heavy (non-hydrogen) atoms. The van der Waals surface area contributed by atoms with E-state index in [1.807, 2.05) is 21.1 Å². The Balaban J connectivity index is 3.91. The van der Waals surface area contributed by atoms with Gasteiger partial charge in [-0.25, -0.2) is 0 Å². The molecule has 0 aromatic heterocycles. The van der Waals surface area contributed by atoms with Crippen molar-refractivity contribution in [3.63, 3.8) is 0 Å². The Morgan fingerprint density at radius 2 is 0.678 bits per heavy atom. The summed E-state index contributed by atoms with van der Waals surface area (Å²) in [5, 5.41) is 14.2. The zero-order valence-corrected chi connectivity index (χ0v) is 62.0. The molecule has 0 saturated carbocycles. The van der Waals surface area contributed by atoms with Gasteiger partial charge in [-0.05, 0) is 51.4 Å². The van der Waals surface area contributed by atoms with Crippen LogP contribution >= 0.6 is 7.82 Å². The topological polar surface area (TPSA) is 108 Å². The van der Waals surface area contributed by atoms with Crippen LogP contribution in [-0.2, 0) is 18.4 Å². The van der Waals surface area contributed by atoms with Gasteiger partial charge >= 0.3 is 0 Å². The Hall–Kier alpha value is -1.54. The molecule has 0 rings (SSSR count). The van der Waals surface area contributed by atoms with Crippen molar-refractivity contribution < 1.29 is 32.9 Å². The van der Waals surface area contributed by atoms with E-state index in [1.165, 1.54) is 321 Å². The number of unbranched alkanes of at least 4 members (excludes halogenated alkanes) is 54. The van der Waals surface area contributed by atoms with Crippen molar-refractivity contribution in [2.75, 3.05) is 40.9 Å². The molecule has 532 valence electrons. The van der Waals surface area contributed by atoms with E-state index in [4.69, 9.17) is 9.05 Å². The summed E-state index contributed by atoms with van der Waals surface area (Å²) in [6.45, 7) is 4.68. The van der Waals surface area contributed by atoms with Crippen LogP contribution in [0.1, 0.15) is 412 Å². The van der Waals surface area contributed by atoms with Crippen molar-refractivity contribution in [3.05, 3.63) is 48.6 Å². The molecule has 0 aliphatic rings. The van der Waals surface area contributed by atoms with Crippen molar-refractivity contribution >= 4 is 13.7 Å². The maximum Gasteiger partial charge on any atom is 0.268 e. The van der Waals surface area contributed by atoms with E-state index in [0.29, 0.717) is 23.9 Å². The lowest BCUT2D eigenvalue weighted by molar-refractivity contribution is -0.870. The number of carbonyl (C=O) groups excluding carboxylic acids is 1. The van der Waals surface area contributed by atoms with Crippen molar-refractivity contribution in [2.24, 2.45) is 0 Å². The first-order valence-corrected chi connectivity index (χ1v) is 41.4. The SMILES string of the molecule is CC/C=C\C/C=C\C/C=C\C/C=C\CCCCCCCCCCCCCCCCCCCCCCCCCCC(=O)NC(COP(=O)([O-])OCC[N+](C)(C)C)C(O)CCCCCCCCCCCCCCCCCCCCCCCCCCCCCCCCC. The van der Waals surface area contributed by atoms with Crippen LogP contribution in [-0.4, -0.2) is 68.5 Å². The van der Waals surface area contributed by atoms with E-state index in [1.54, 1.807) is 0 Å². The van der Waals surface area contributed by atoms with Crippen molar-refractivity contribution in [1.82, 2.24) is 5.32 Å². The number of aliphatic hydroxyl groups excluding tert-OH is 1. The molecule has 8 nitrogen and oxygen atoms in total. The first-order chi connectivity index (χ1) is 44.0. The average molecular weight is 1290 g/mol. The van der Waals surface area contributed by atoms with Gasteiger partial charge in [0.05, 0.1) is 39.9 Å². The quantitative estimate of drug-likeness (QED) is 0.0272. The predicted octanol–water partition coefficient (Wildman–Crippen LogP) is 25.5. The molecule has 0 heterocycles. The maximum absolute atomic E-state index is 13.1. The van der Waals surface area contributed by atoms with Crippen LogP contribution in [0.5, 0.6) is 0 Å². The molecule has 0 aliphatic carbocycles. The Kier molecular flexibility index (Phi) is 70.5. The number of nitrogens with zero attached hydrogens (tertiary/aromatic N) is 1. The van der Waals surface area contributed by atoms with Gasteiger partial charge in [0.2, 0.25) is 5.91 Å². The second-order valence-electron chi connectivity index (χ2n) is 28.8. The number of phosphoric ester groups is 1. The number of carbonyl (C=O) groups is 1. The zero-order chi connectivity index (χ0) is 65.5. The Bertz CT molecular complexity index is 1610. The van der Waals surface area contributed by atoms with Crippen LogP contribution in [0.2, 0.25) is 0 Å². The summed E-state index contributed by atoms with van der Waals surface area (Å²) < 4.78 is 23.6. The van der Waals surface area contributed by atoms with Crippen LogP contribution in [0.15, 0.2) is 48.6 Å². The fourth-order valence-corrected chi connectivity index (χ4v) is 13.2. The van der Waals surface area contributed by atoms with E-state index in [-0.39, 0.29) is 19.1 Å². The normalized spacial score (nSPS) is 13.7. The first-order valence-electron chi connectivity index (χ1n) is 40.0. The molecule has 0 aliphatic heterocycles. The second-order valence-corrected chi connectivity index (χ2v) is 30.2. The van der Waals surface area contributed by atoms with Gasteiger partial charge in [0.25, 0.3) is 7.82 Å². The number of allylic oxidation sites excluding steroid dienone is 8. The van der Waals surface area contributed by atoms with Gasteiger partial charge in [0, 0.05) is 6.42 Å². The number of likely N-dealkylation sites (N-methyl/N-ethyl adjacent to an activating group) is 1. The number of quaternary nitrogens is 1. The van der Waals surface area contributed by atoms with Gasteiger partial charge in [-0.3, -0.25) is 9.36 Å². The minimum atomic E-state index is -4.58. The molecule has 0 bridgehead atoms. The molecule has 1 amide bonds. The van der Waals surface area contributed by atoms with E-state index >= 15 is 0 Å². The molecule has 3 unspecified atom stereocenters. The summed E-state index contributed by atoms with van der Waals surface area (Å²) in [5.41, 5.74) is 0. The number of rotatable bonds is 75. The van der Waals surface area contributed by atoms with Crippen LogP contribution < -0.4 is 10.2 Å². The second kappa shape index (κ2) is 71.7. The number of hydrogen-bond donors (Lipinski definition) is 2. The standard InChI is InChI=1S/C81H157N2O6P/c1-6-8-10-12-14-16-18-20-22-24-26-28-30-32-34-36-38-39-40-41-42-43-45-47-49-51-53-55-57-59-61-63-65-67-69-71-73-75-81(85)82-79(78-89-90(86,87)88-77-76-83(3,4)5)80(84)74-72-70-68-66-64-62-60-58-56-54-52-50-48-46-44-37-35-33-31-29-27-25-23-21-19-17-15-13-11-9-7-2/h8,10,14,16,20,22,26,28,79-80,84H,6-7,9,11-13,15,17-19,21,23-25,27,29-78H2,1-5H3,(H-,82,85,86,87)/b10-8-,16-14-,22-20-,28-26-. The lowest BCUT2D eigenvalue weighted by Gasteiger charge is -2.30. The van der Waals surface area contributed by atoms with E-state index < -0.39 is 20.0 Å². The van der Waals surface area contributed by atoms with E-state index in [2.05, 4.69) is 67.8 Å². The summed E-state index contributed by atoms with van der Waals surface area (Å²) >= 11 is 0. The van der Waals surface area contributed by atoms with Crippen LogP contribution in [0.4, 0.5) is 0 Å². The molecule has 0 aromatic rings. The van der Waals surface area contributed by atoms with Crippen molar-refractivity contribution in [3.8, 4) is 0 Å². The monoisotopic (exact) mass is 1290 g/mol. The molecule has 0 fully saturated rings. The molecule has 9 heteroatoms. The lowest BCUT2D eigenvalue weighted by Crippen LogP contribution is -2.46. The molecule has 0 spiro atoms. The van der Waals surface area contributed by atoms with Gasteiger partial charge in [0.15, 0.2) is 0 Å². The third-order valence-electron chi connectivity index (χ3n) is 18.6. The summed E-state index contributed by atoms with van der Waals surface area (Å²) in [6, 6.07) is -0.801. The van der Waals surface area contributed by atoms with Crippen molar-refractivity contribution in [2.45, 2.75) is 424 Å². The third kappa shape index (κ3) is 73.9. The fraction of sp³-hybridized carbons (Fsp3) is 0.889. The summed E-state index contributed by atoms with van der Waals surface area (Å²) in [6.07, 6.45) is 98.1. The highest BCUT2D eigenvalue weighted by atomic mass is 31.2. The summed E-state index contributed by atoms with van der Waals surface area (Å²) in [7, 11) is 1.33. The van der Waals surface area contributed by atoms with Gasteiger partial charge < -0.3 is 28.8 Å². The Labute approximate surface area is 562 Å². The van der Waals surface area contributed by atoms with Gasteiger partial charge in [-0.1, -0.05) is 403 Å². The number of phosphoric acid groups is 1. The summed E-state index contributed by atoms with van der Waals surface area (Å²) in [4.78, 5) is 25.7. The van der Waals surface area contributed by atoms with E-state index in [9.17, 15) is 19.4 Å². The molecule has 2 N–H and O–H groups in total. The fourth-order valence-electron chi connectivity index (χ4n) is 12.5. The number of aliphatic hydroxyl groups is 1. The highest BCUT2D eigenvalue weighted by Gasteiger charge is 2.24.